The minimum atomic E-state index is -0.313. The molecule has 9 rings (SSSR count). The minimum Gasteiger partial charge on any atom is -0.507 e. The molecule has 7 aromatic carbocycles. The molecule has 0 aliphatic heterocycles. The number of phenols is 1. The normalized spacial score (nSPS) is 12.2. The smallest absolute Gasteiger partial charge is 0.149 e. The molecule has 4 heteroatoms. The van der Waals surface area contributed by atoms with Crippen molar-refractivity contribution in [3.05, 3.63) is 169 Å². The van der Waals surface area contributed by atoms with Gasteiger partial charge in [-0.2, -0.15) is 0 Å². The summed E-state index contributed by atoms with van der Waals surface area (Å²) in [7, 11) is 0. The molecule has 0 aliphatic carbocycles. The molecule has 4 nitrogen and oxygen atoms in total. The zero-order chi connectivity index (χ0) is 38.8. The van der Waals surface area contributed by atoms with Gasteiger partial charge in [0.2, 0.25) is 0 Å². The predicted octanol–water partition coefficient (Wildman–Crippen LogP) is 13.7. The number of fused-ring (bicyclic) bond motifs is 3. The second-order valence-electron chi connectivity index (χ2n) is 16.9. The first-order valence-corrected chi connectivity index (χ1v) is 19.4. The Bertz CT molecular complexity index is 2940. The van der Waals surface area contributed by atoms with E-state index in [1.54, 1.807) is 0 Å². The van der Waals surface area contributed by atoms with Crippen LogP contribution in [0.3, 0.4) is 0 Å². The Morgan fingerprint density at radius 1 is 0.518 bits per heavy atom. The van der Waals surface area contributed by atoms with Crippen molar-refractivity contribution < 1.29 is 5.11 Å². The lowest BCUT2D eigenvalue weighted by Crippen LogP contribution is -2.17. The van der Waals surface area contributed by atoms with Gasteiger partial charge >= 0.3 is 0 Å². The largest absolute Gasteiger partial charge is 0.507 e. The van der Waals surface area contributed by atoms with Crippen molar-refractivity contribution in [2.45, 2.75) is 52.4 Å². The number of phenolic OH excluding ortho intramolecular Hbond substituents is 1. The number of aromatic nitrogens is 3. The number of pyridine rings is 1. The van der Waals surface area contributed by atoms with Gasteiger partial charge in [0, 0.05) is 39.2 Å². The lowest BCUT2D eigenvalue weighted by atomic mass is 9.79. The summed E-state index contributed by atoms with van der Waals surface area (Å²) < 4.78 is 2.30. The summed E-state index contributed by atoms with van der Waals surface area (Å²) in [6, 6.07) is 53.4. The molecule has 0 spiro atoms. The van der Waals surface area contributed by atoms with Crippen molar-refractivity contribution in [3.63, 3.8) is 0 Å². The maximum absolute atomic E-state index is 12.4. The van der Waals surface area contributed by atoms with Gasteiger partial charge in [-0.05, 0) is 62.6 Å². The number of rotatable bonds is 5. The quantitative estimate of drug-likeness (QED) is 0.192. The molecule has 56 heavy (non-hydrogen) atoms. The van der Waals surface area contributed by atoms with Crippen LogP contribution in [0.4, 0.5) is 0 Å². The number of hydrogen-bond donors (Lipinski definition) is 1. The average Bonchev–Trinajstić information content (AvgIpc) is 3.59. The number of aromatic hydroxyl groups is 1. The molecule has 0 atom stereocenters. The summed E-state index contributed by atoms with van der Waals surface area (Å²) in [6.07, 6.45) is 1.89. The van der Waals surface area contributed by atoms with E-state index in [4.69, 9.17) is 9.97 Å². The van der Waals surface area contributed by atoms with Gasteiger partial charge in [-0.1, -0.05) is 169 Å². The number of nitrogens with zero attached hydrogens (tertiary/aromatic N) is 3. The van der Waals surface area contributed by atoms with E-state index in [1.165, 1.54) is 0 Å². The summed E-state index contributed by atoms with van der Waals surface area (Å²) in [6.45, 7) is 13.2. The highest BCUT2D eigenvalue weighted by Crippen LogP contribution is 2.46. The molecule has 274 valence electrons. The zero-order valence-corrected chi connectivity index (χ0v) is 32.8. The van der Waals surface area contributed by atoms with Crippen LogP contribution in [0.1, 0.15) is 52.7 Å². The Kier molecular flexibility index (Phi) is 8.39. The van der Waals surface area contributed by atoms with Crippen molar-refractivity contribution in [2.24, 2.45) is 0 Å². The Morgan fingerprint density at radius 2 is 1.18 bits per heavy atom. The standard InChI is InChI=1S/C52H45N3O/c1-51(2,3)38-31-43(49(56)44(32-38)52(4,5)6)50-54-47-40(36-20-14-21-37(30-36)46-39-22-12-10-19-35(39)28-29-53-46)24-15-25-45(47)55(50)48-41-23-13-11-18-34(41)26-27-42(48)33-16-8-7-9-17-33/h7-32,56H,1-6H3. The first kappa shape index (κ1) is 35.2. The first-order chi connectivity index (χ1) is 27.0. The van der Waals surface area contributed by atoms with Crippen LogP contribution in [0.5, 0.6) is 5.75 Å². The topological polar surface area (TPSA) is 50.9 Å². The van der Waals surface area contributed by atoms with Crippen molar-refractivity contribution in [3.8, 4) is 56.3 Å². The van der Waals surface area contributed by atoms with Gasteiger partial charge in [0.1, 0.15) is 11.6 Å². The number of benzene rings is 7. The molecule has 2 heterocycles. The van der Waals surface area contributed by atoms with Crippen molar-refractivity contribution in [2.75, 3.05) is 0 Å². The minimum absolute atomic E-state index is 0.171. The van der Waals surface area contributed by atoms with Crippen molar-refractivity contribution in [1.82, 2.24) is 14.5 Å². The zero-order valence-electron chi connectivity index (χ0n) is 32.8. The monoisotopic (exact) mass is 727 g/mol. The van der Waals surface area contributed by atoms with Gasteiger partial charge < -0.3 is 5.11 Å². The van der Waals surface area contributed by atoms with Crippen molar-refractivity contribution in [1.29, 1.82) is 0 Å². The molecule has 0 fully saturated rings. The Labute approximate surface area is 328 Å². The molecule has 0 bridgehead atoms. The summed E-state index contributed by atoms with van der Waals surface area (Å²) >= 11 is 0. The molecule has 1 N–H and O–H groups in total. The van der Waals surface area contributed by atoms with E-state index in [0.29, 0.717) is 11.4 Å². The lowest BCUT2D eigenvalue weighted by molar-refractivity contribution is 0.446. The molecule has 0 radical (unpaired) electrons. The summed E-state index contributed by atoms with van der Waals surface area (Å²) in [5.74, 6) is 0.955. The Hall–Kier alpha value is -6.52. The Morgan fingerprint density at radius 3 is 1.93 bits per heavy atom. The van der Waals surface area contributed by atoms with Gasteiger partial charge in [0.25, 0.3) is 0 Å². The highest BCUT2D eigenvalue weighted by Gasteiger charge is 2.29. The number of imidazole rings is 1. The van der Waals surface area contributed by atoms with Crippen molar-refractivity contribution >= 4 is 32.6 Å². The van der Waals surface area contributed by atoms with E-state index in [9.17, 15) is 5.11 Å². The van der Waals surface area contributed by atoms with E-state index in [1.807, 2.05) is 6.20 Å². The highest BCUT2D eigenvalue weighted by molar-refractivity contribution is 6.03. The first-order valence-electron chi connectivity index (χ1n) is 19.4. The average molecular weight is 728 g/mol. The molecular weight excluding hydrogens is 683 g/mol. The molecule has 0 amide bonds. The third kappa shape index (κ3) is 6.02. The second kappa shape index (κ2) is 13.3. The van der Waals surface area contributed by atoms with Crippen LogP contribution in [0, 0.1) is 0 Å². The Balaban J connectivity index is 1.40. The van der Waals surface area contributed by atoms with E-state index >= 15 is 0 Å². The summed E-state index contributed by atoms with van der Waals surface area (Å²) in [5.41, 5.74) is 11.3. The fraction of sp³-hybridized carbons (Fsp3) is 0.154. The maximum atomic E-state index is 12.4. The van der Waals surface area contributed by atoms with Crippen LogP contribution in [0.2, 0.25) is 0 Å². The third-order valence-corrected chi connectivity index (χ3v) is 11.0. The maximum Gasteiger partial charge on any atom is 0.149 e. The molecule has 9 aromatic rings. The number of para-hydroxylation sites is 1. The molecular formula is C52H45N3O. The van der Waals surface area contributed by atoms with Crippen LogP contribution in [0.15, 0.2) is 158 Å². The molecule has 0 unspecified atom stereocenters. The van der Waals surface area contributed by atoms with Crippen LogP contribution in [-0.4, -0.2) is 19.6 Å². The highest BCUT2D eigenvalue weighted by atomic mass is 16.3. The van der Waals surface area contributed by atoms with E-state index < -0.39 is 0 Å². The lowest BCUT2D eigenvalue weighted by Gasteiger charge is -2.28. The van der Waals surface area contributed by atoms with Gasteiger partial charge in [-0.15, -0.1) is 0 Å². The van der Waals surface area contributed by atoms with Gasteiger partial charge in [-0.3, -0.25) is 9.55 Å². The van der Waals surface area contributed by atoms with Crippen LogP contribution in [0.25, 0.3) is 83.2 Å². The summed E-state index contributed by atoms with van der Waals surface area (Å²) in [5, 5.41) is 16.9. The molecule has 0 aliphatic rings. The molecule has 0 saturated heterocycles. The van der Waals surface area contributed by atoms with Gasteiger partial charge in [0.15, 0.2) is 0 Å². The third-order valence-electron chi connectivity index (χ3n) is 11.0. The van der Waals surface area contributed by atoms with Crippen LogP contribution < -0.4 is 0 Å². The van der Waals surface area contributed by atoms with Crippen LogP contribution >= 0.6 is 0 Å². The molecule has 0 saturated carbocycles. The predicted molar refractivity (Wildman–Crippen MR) is 235 cm³/mol. The van der Waals surface area contributed by atoms with Gasteiger partial charge in [-0.25, -0.2) is 4.98 Å². The van der Waals surface area contributed by atoms with Crippen LogP contribution in [-0.2, 0) is 10.8 Å². The van der Waals surface area contributed by atoms with E-state index in [0.717, 1.165) is 82.9 Å². The second-order valence-corrected chi connectivity index (χ2v) is 16.9. The SMILES string of the molecule is CC(C)(C)c1cc(-c2nc3c(-c4cccc(-c5nccc6ccccc56)c4)cccc3n2-c2c(-c3ccccc3)ccc3ccccc23)c(O)c(C(C)(C)C)c1. The van der Waals surface area contributed by atoms with E-state index in [-0.39, 0.29) is 16.6 Å². The summed E-state index contributed by atoms with van der Waals surface area (Å²) in [4.78, 5) is 10.5. The molecule has 2 aromatic heterocycles. The number of hydrogen-bond acceptors (Lipinski definition) is 3. The van der Waals surface area contributed by atoms with E-state index in [2.05, 4.69) is 198 Å². The van der Waals surface area contributed by atoms with Gasteiger partial charge in [0.05, 0.1) is 28.0 Å². The fourth-order valence-electron chi connectivity index (χ4n) is 8.08. The fourth-order valence-corrected chi connectivity index (χ4v) is 8.08.